The minimum atomic E-state index is -0.193. The van der Waals surface area contributed by atoms with Crippen molar-refractivity contribution < 1.29 is 4.39 Å². The summed E-state index contributed by atoms with van der Waals surface area (Å²) in [6.45, 7) is 2.14. The summed E-state index contributed by atoms with van der Waals surface area (Å²) < 4.78 is 13.3. The molecule has 18 heavy (non-hydrogen) atoms. The molecule has 0 spiro atoms. The molecular weight excluding hydrogens is 225 g/mol. The van der Waals surface area contributed by atoms with E-state index in [1.807, 2.05) is 25.2 Å². The van der Waals surface area contributed by atoms with Gasteiger partial charge in [-0.15, -0.1) is 0 Å². The topological polar surface area (TPSA) is 12.0 Å². The number of nitrogens with one attached hydrogen (secondary N) is 1. The first-order valence-corrected chi connectivity index (χ1v) is 6.26. The zero-order valence-electron chi connectivity index (χ0n) is 10.8. The average molecular weight is 243 g/mol. The summed E-state index contributed by atoms with van der Waals surface area (Å²) in [6.07, 6.45) is 0.976. The molecule has 0 fully saturated rings. The van der Waals surface area contributed by atoms with Crippen LogP contribution in [0.15, 0.2) is 48.5 Å². The lowest BCUT2D eigenvalue weighted by Gasteiger charge is -2.20. The average Bonchev–Trinajstić information content (AvgIpc) is 2.40. The minimum Gasteiger partial charge on any atom is -0.309 e. The fraction of sp³-hybridized carbons (Fsp3) is 0.250. The molecule has 0 saturated carbocycles. The quantitative estimate of drug-likeness (QED) is 0.863. The Labute approximate surface area is 108 Å². The van der Waals surface area contributed by atoms with Gasteiger partial charge in [0, 0.05) is 0 Å². The van der Waals surface area contributed by atoms with Gasteiger partial charge in [0.15, 0.2) is 0 Å². The van der Waals surface area contributed by atoms with Crippen LogP contribution in [0.3, 0.4) is 0 Å². The van der Waals surface area contributed by atoms with Gasteiger partial charge in [0.05, 0.1) is 6.04 Å². The highest BCUT2D eigenvalue weighted by Gasteiger charge is 2.14. The molecule has 1 N–H and O–H groups in total. The Morgan fingerprint density at radius 3 is 2.56 bits per heavy atom. The molecular formula is C16H18FN. The molecule has 2 rings (SSSR count). The predicted octanol–water partition coefficient (Wildman–Crippen LogP) is 3.70. The lowest BCUT2D eigenvalue weighted by atomic mass is 9.93. The molecule has 0 radical (unpaired) electrons. The van der Waals surface area contributed by atoms with Crippen LogP contribution in [0.5, 0.6) is 0 Å². The van der Waals surface area contributed by atoms with Gasteiger partial charge < -0.3 is 5.32 Å². The Morgan fingerprint density at radius 2 is 1.89 bits per heavy atom. The Hall–Kier alpha value is -1.67. The molecule has 0 saturated heterocycles. The van der Waals surface area contributed by atoms with Crippen LogP contribution in [0.2, 0.25) is 0 Å². The Balaban J connectivity index is 2.45. The van der Waals surface area contributed by atoms with Crippen LogP contribution in [-0.2, 0) is 6.42 Å². The van der Waals surface area contributed by atoms with Gasteiger partial charge in [-0.3, -0.25) is 0 Å². The highest BCUT2D eigenvalue weighted by Crippen LogP contribution is 2.25. The molecule has 1 nitrogen and oxygen atoms in total. The normalized spacial score (nSPS) is 12.4. The van der Waals surface area contributed by atoms with Gasteiger partial charge in [-0.25, -0.2) is 4.39 Å². The van der Waals surface area contributed by atoms with Gasteiger partial charge >= 0.3 is 0 Å². The van der Waals surface area contributed by atoms with E-state index in [9.17, 15) is 4.39 Å². The summed E-state index contributed by atoms with van der Waals surface area (Å²) in [5.74, 6) is -0.193. The fourth-order valence-electron chi connectivity index (χ4n) is 2.33. The molecule has 2 aromatic carbocycles. The molecule has 2 heteroatoms. The van der Waals surface area contributed by atoms with Crippen molar-refractivity contribution in [2.75, 3.05) is 7.05 Å². The summed E-state index contributed by atoms with van der Waals surface area (Å²) in [6, 6.07) is 15.1. The Bertz CT molecular complexity index is 522. The summed E-state index contributed by atoms with van der Waals surface area (Å²) in [5.41, 5.74) is 3.47. The second-order valence-electron chi connectivity index (χ2n) is 4.33. The molecule has 0 aliphatic carbocycles. The van der Waals surface area contributed by atoms with E-state index in [-0.39, 0.29) is 11.9 Å². The molecule has 0 aromatic heterocycles. The van der Waals surface area contributed by atoms with E-state index in [2.05, 4.69) is 24.4 Å². The Morgan fingerprint density at radius 1 is 1.11 bits per heavy atom. The number of halogens is 1. The van der Waals surface area contributed by atoms with Crippen molar-refractivity contribution in [3.63, 3.8) is 0 Å². The van der Waals surface area contributed by atoms with E-state index in [1.54, 1.807) is 12.1 Å². The van der Waals surface area contributed by atoms with Crippen LogP contribution in [0.4, 0.5) is 4.39 Å². The van der Waals surface area contributed by atoms with Crippen molar-refractivity contribution in [1.82, 2.24) is 5.32 Å². The third kappa shape index (κ3) is 2.59. The van der Waals surface area contributed by atoms with Crippen LogP contribution in [0.1, 0.15) is 29.7 Å². The number of benzene rings is 2. The molecule has 0 amide bonds. The number of rotatable bonds is 4. The molecule has 1 unspecified atom stereocenters. The van der Waals surface area contributed by atoms with Crippen molar-refractivity contribution in [1.29, 1.82) is 0 Å². The van der Waals surface area contributed by atoms with E-state index in [0.29, 0.717) is 0 Å². The maximum atomic E-state index is 13.3. The summed E-state index contributed by atoms with van der Waals surface area (Å²) in [4.78, 5) is 0. The minimum absolute atomic E-state index is 0.0387. The van der Waals surface area contributed by atoms with Crippen LogP contribution < -0.4 is 5.32 Å². The summed E-state index contributed by atoms with van der Waals surface area (Å²) in [7, 11) is 1.90. The SMILES string of the molecule is CCc1ccccc1C(NC)c1cccc(F)c1. The van der Waals surface area contributed by atoms with Crippen molar-refractivity contribution in [3.05, 3.63) is 71.0 Å². The third-order valence-corrected chi connectivity index (χ3v) is 3.22. The van der Waals surface area contributed by atoms with Crippen molar-refractivity contribution in [2.45, 2.75) is 19.4 Å². The second kappa shape index (κ2) is 5.78. The van der Waals surface area contributed by atoms with Crippen molar-refractivity contribution >= 4 is 0 Å². The Kier molecular flexibility index (Phi) is 4.11. The van der Waals surface area contributed by atoms with Crippen LogP contribution in [0, 0.1) is 5.82 Å². The number of aryl methyl sites for hydroxylation is 1. The van der Waals surface area contributed by atoms with Crippen molar-refractivity contribution in [3.8, 4) is 0 Å². The smallest absolute Gasteiger partial charge is 0.123 e. The van der Waals surface area contributed by atoms with Gasteiger partial charge in [0.2, 0.25) is 0 Å². The molecule has 0 heterocycles. The molecule has 1 atom stereocenters. The lowest BCUT2D eigenvalue weighted by Crippen LogP contribution is -2.19. The first-order valence-electron chi connectivity index (χ1n) is 6.26. The number of hydrogen-bond acceptors (Lipinski definition) is 1. The fourth-order valence-corrected chi connectivity index (χ4v) is 2.33. The molecule has 0 bridgehead atoms. The maximum Gasteiger partial charge on any atom is 0.123 e. The van der Waals surface area contributed by atoms with Gasteiger partial charge in [0.1, 0.15) is 5.82 Å². The van der Waals surface area contributed by atoms with Crippen LogP contribution in [-0.4, -0.2) is 7.05 Å². The summed E-state index contributed by atoms with van der Waals surface area (Å²) >= 11 is 0. The zero-order valence-corrected chi connectivity index (χ0v) is 10.8. The van der Waals surface area contributed by atoms with E-state index in [0.717, 1.165) is 12.0 Å². The zero-order chi connectivity index (χ0) is 13.0. The second-order valence-corrected chi connectivity index (χ2v) is 4.33. The number of hydrogen-bond donors (Lipinski definition) is 1. The van der Waals surface area contributed by atoms with Crippen LogP contribution in [0.25, 0.3) is 0 Å². The predicted molar refractivity (Wildman–Crippen MR) is 73.1 cm³/mol. The van der Waals surface area contributed by atoms with Gasteiger partial charge in [0.25, 0.3) is 0 Å². The monoisotopic (exact) mass is 243 g/mol. The van der Waals surface area contributed by atoms with E-state index >= 15 is 0 Å². The molecule has 0 aliphatic rings. The van der Waals surface area contributed by atoms with E-state index in [4.69, 9.17) is 0 Å². The molecule has 0 aliphatic heterocycles. The maximum absolute atomic E-state index is 13.3. The highest BCUT2D eigenvalue weighted by atomic mass is 19.1. The lowest BCUT2D eigenvalue weighted by molar-refractivity contribution is 0.616. The van der Waals surface area contributed by atoms with E-state index in [1.165, 1.54) is 17.2 Å². The molecule has 2 aromatic rings. The first kappa shape index (κ1) is 12.8. The van der Waals surface area contributed by atoms with Crippen LogP contribution >= 0.6 is 0 Å². The highest BCUT2D eigenvalue weighted by molar-refractivity contribution is 5.37. The van der Waals surface area contributed by atoms with Crippen molar-refractivity contribution in [2.24, 2.45) is 0 Å². The van der Waals surface area contributed by atoms with Gasteiger partial charge in [-0.1, -0.05) is 43.3 Å². The standard InChI is InChI=1S/C16H18FN/c1-3-12-7-4-5-10-15(12)16(18-2)13-8-6-9-14(17)11-13/h4-11,16,18H,3H2,1-2H3. The largest absolute Gasteiger partial charge is 0.309 e. The summed E-state index contributed by atoms with van der Waals surface area (Å²) in [5, 5.41) is 3.27. The van der Waals surface area contributed by atoms with E-state index < -0.39 is 0 Å². The van der Waals surface area contributed by atoms with Gasteiger partial charge in [-0.2, -0.15) is 0 Å². The van der Waals surface area contributed by atoms with Gasteiger partial charge in [-0.05, 0) is 42.3 Å². The third-order valence-electron chi connectivity index (χ3n) is 3.22. The first-order chi connectivity index (χ1) is 8.76. The molecule has 94 valence electrons.